The van der Waals surface area contributed by atoms with Crippen molar-refractivity contribution in [3.63, 3.8) is 0 Å². The Morgan fingerprint density at radius 2 is 1.03 bits per heavy atom. The summed E-state index contributed by atoms with van der Waals surface area (Å²) in [5, 5.41) is 50.6. The van der Waals surface area contributed by atoms with Gasteiger partial charge in [-0.05, 0) is 0 Å². The Kier molecular flexibility index (Phi) is 142. The standard InChI is InChI=1S/C7H15NO3.C4H10O4.3ClH.K.Mg.8H2O.H/c1-8(2,3)5-6(9)4-7(10)11;5-1-3(7)4(8)2-6;;;;;;;;;;;;;;/h6,9H,4-5H2,1-3H3;3-8H,1-2H2;3*1H;;;8*1H2;/q;;;;;;+2;;;;;;;;;/p-1/t6-;;;;;;;;;;;;;;;/m1.............../s1. The van der Waals surface area contributed by atoms with Crippen molar-refractivity contribution in [3.05, 3.63) is 0 Å². The van der Waals surface area contributed by atoms with E-state index in [4.69, 9.17) is 48.8 Å². The molecule has 0 aromatic carbocycles. The Morgan fingerprint density at radius 3 is 1.16 bits per heavy atom. The van der Waals surface area contributed by atoms with Crippen LogP contribution in [0.3, 0.4) is 0 Å². The molecule has 0 aromatic rings. The second kappa shape index (κ2) is 54.2. The summed E-state index contributed by atoms with van der Waals surface area (Å²) < 4.78 is 0.578. The number of carboxylic acid groups (broad SMARTS) is 1. The summed E-state index contributed by atoms with van der Waals surface area (Å²) in [5.74, 6) is -0.953. The van der Waals surface area contributed by atoms with Gasteiger partial charge in [0.15, 0.2) is 0 Å². The molecule has 0 spiro atoms. The van der Waals surface area contributed by atoms with Crippen molar-refractivity contribution in [1.82, 2.24) is 0 Å². The van der Waals surface area contributed by atoms with E-state index in [0.29, 0.717) is 11.0 Å². The van der Waals surface area contributed by atoms with E-state index >= 15 is 0 Å². The van der Waals surface area contributed by atoms with Crippen LogP contribution >= 0.6 is 30.6 Å². The molecule has 0 saturated carbocycles. The summed E-state index contributed by atoms with van der Waals surface area (Å²) in [6.45, 7) is -0.588. The number of rotatable bonds is 7. The molecule has 206 valence electrons. The molecule has 0 aliphatic carbocycles. The maximum absolute atomic E-state index is 10.1. The van der Waals surface area contributed by atoms with Crippen LogP contribution in [-0.4, -0.2) is 214 Å². The van der Waals surface area contributed by atoms with Crippen LogP contribution in [0.5, 0.6) is 0 Å². The van der Waals surface area contributed by atoms with Crippen molar-refractivity contribution in [3.8, 4) is 0 Å². The van der Waals surface area contributed by atoms with Gasteiger partial charge in [-0.1, -0.05) is 0 Å². The third-order valence-corrected chi connectivity index (χ3v) is 1.99. The molecule has 0 aliphatic heterocycles. The third-order valence-electron chi connectivity index (χ3n) is 1.99. The number of halogens is 3. The summed E-state index contributed by atoms with van der Waals surface area (Å²) in [6, 6.07) is 0. The predicted molar refractivity (Wildman–Crippen MR) is 128 cm³/mol. The number of likely N-dealkylation sites (N-methyl/N-ethyl adjacent to an activating group) is 1. The van der Waals surface area contributed by atoms with E-state index in [9.17, 15) is 4.79 Å². The van der Waals surface area contributed by atoms with Crippen LogP contribution in [0.2, 0.25) is 0 Å². The van der Waals surface area contributed by atoms with Gasteiger partial charge in [0.1, 0.15) is 24.9 Å². The van der Waals surface area contributed by atoms with Gasteiger partial charge in [-0.25, -0.2) is 0 Å². The normalized spacial score (nSPS) is 9.81. The average Bonchev–Trinajstić information content (AvgIpc) is 2.35. The van der Waals surface area contributed by atoms with Crippen LogP contribution in [0.25, 0.3) is 0 Å². The molecular weight excluding hydrogens is 556 g/mol. The summed E-state index contributed by atoms with van der Waals surface area (Å²) in [5.41, 5.74) is 0. The second-order valence-electron chi connectivity index (χ2n) is 5.33. The molecule has 22 N–H and O–H groups in total. The fraction of sp³-hybridized carbons (Fsp3) is 0.909. The monoisotopic (exact) mass is 598 g/mol. The predicted octanol–water partition coefficient (Wildman–Crippen LogP) is -8.61. The minimum atomic E-state index is -1.22. The minimum absolute atomic E-state index is 0. The number of hydrogen-bond acceptors (Lipinski definition) is 6. The van der Waals surface area contributed by atoms with Gasteiger partial charge >= 0.3 is 75.5 Å². The van der Waals surface area contributed by atoms with Crippen LogP contribution in [0.15, 0.2) is 0 Å². The fourth-order valence-corrected chi connectivity index (χ4v) is 1.14. The van der Waals surface area contributed by atoms with Crippen LogP contribution in [0.1, 0.15) is 6.42 Å². The zero-order valence-electron chi connectivity index (χ0n) is 17.5. The first-order valence-corrected chi connectivity index (χ1v) is 10.6. The second-order valence-corrected chi connectivity index (χ2v) is 7.95. The van der Waals surface area contributed by atoms with Crippen molar-refractivity contribution in [2.24, 2.45) is 0 Å². The van der Waals surface area contributed by atoms with Crippen molar-refractivity contribution in [2.75, 3.05) is 40.9 Å². The number of aliphatic carboxylic acids is 1. The molecule has 21 heteroatoms. The van der Waals surface area contributed by atoms with E-state index in [0.717, 1.165) is 0 Å². The molecule has 2 unspecified atom stereocenters. The molecule has 32 heavy (non-hydrogen) atoms. The van der Waals surface area contributed by atoms with Gasteiger partial charge in [-0.15, -0.1) is 12.4 Å². The quantitative estimate of drug-likeness (QED) is 0.121. The van der Waals surface area contributed by atoms with Gasteiger partial charge in [-0.3, -0.25) is 4.79 Å². The first-order chi connectivity index (χ1) is 9.94. The number of carbonyl (C=O) groups is 1. The topological polar surface area (TPSA) is 390 Å². The Labute approximate surface area is 252 Å². The van der Waals surface area contributed by atoms with Crippen LogP contribution < -0.4 is 0 Å². The zero-order chi connectivity index (χ0) is 18.3. The van der Waals surface area contributed by atoms with E-state index in [1.54, 1.807) is 0 Å². The molecule has 0 fully saturated rings. The van der Waals surface area contributed by atoms with E-state index in [2.05, 4.69) is 0 Å². The van der Waals surface area contributed by atoms with E-state index < -0.39 is 55.7 Å². The Balaban J connectivity index is -0.0000000145. The number of aliphatic hydroxyl groups excluding tert-OH is 5. The summed E-state index contributed by atoms with van der Waals surface area (Å²) in [6.07, 6.45) is -3.36. The Morgan fingerprint density at radius 1 is 0.812 bits per heavy atom. The average molecular weight is 600 g/mol. The summed E-state index contributed by atoms with van der Waals surface area (Å²) in [7, 11) is 15.5. The first-order valence-electron chi connectivity index (χ1n) is 6.35. The molecule has 0 heterocycles. The molecule has 0 aliphatic rings. The number of hydrogen-bond donors (Lipinski definition) is 6. The van der Waals surface area contributed by atoms with Gasteiger partial charge in [0.25, 0.3) is 0 Å². The van der Waals surface area contributed by atoms with Crippen LogP contribution in [0.4, 0.5) is 0 Å². The van der Waals surface area contributed by atoms with Crippen molar-refractivity contribution in [1.29, 1.82) is 0 Å². The van der Waals surface area contributed by atoms with Gasteiger partial charge in [0, 0.05) is 0 Å². The molecule has 0 radical (unpaired) electrons. The number of aliphatic hydroxyl groups is 5. The zero-order valence-corrected chi connectivity index (χ0v) is 21.2. The number of nitrogens with zero attached hydrogens (tertiary/aromatic N) is 1. The van der Waals surface area contributed by atoms with Gasteiger partial charge < -0.3 is 97.1 Å². The van der Waals surface area contributed by atoms with E-state index in [-0.39, 0.29) is 114 Å². The molecule has 0 aromatic heterocycles. The van der Waals surface area contributed by atoms with Crippen molar-refractivity contribution in [2.45, 2.75) is 24.7 Å². The number of quaternary nitrogens is 1. The molecule has 16 nitrogen and oxygen atoms in total. The van der Waals surface area contributed by atoms with Gasteiger partial charge in [0.05, 0.1) is 40.8 Å². The molecule has 0 amide bonds. The first kappa shape index (κ1) is 83.9. The van der Waals surface area contributed by atoms with Crippen molar-refractivity contribution >= 4 is 106 Å². The molecular formula is C11H44Cl3KMgNO15+. The number of carboxylic acids is 1. The molecule has 0 bridgehead atoms. The summed E-state index contributed by atoms with van der Waals surface area (Å²) in [4.78, 5) is 10.1. The molecule has 0 saturated heterocycles. The molecule has 3 atom stereocenters. The van der Waals surface area contributed by atoms with Crippen molar-refractivity contribution < 1.29 is 83.7 Å². The maximum atomic E-state index is 10.1. The fourth-order valence-electron chi connectivity index (χ4n) is 1.14. The van der Waals surface area contributed by atoms with Gasteiger partial charge in [-0.2, -0.15) is 0 Å². The Bertz CT molecular complexity index is 282. The van der Waals surface area contributed by atoms with E-state index in [1.165, 1.54) is 0 Å². The van der Waals surface area contributed by atoms with Gasteiger partial charge in [0.2, 0.25) is 0 Å². The van der Waals surface area contributed by atoms with E-state index in [1.807, 2.05) is 21.1 Å². The van der Waals surface area contributed by atoms with Crippen LogP contribution in [-0.2, 0) is 4.79 Å². The summed E-state index contributed by atoms with van der Waals surface area (Å²) >= 11 is -0.639. The SMILES string of the molecule is C[N+](C)(C)C[C@H](O)CC(=O)O.Cl.O.O.O.O.O.O.O.O.OCC(O)C(O)CO.[Cl][Mg][Cl].[KH]. The Hall–Kier alpha value is 2.18. The molecule has 0 rings (SSSR count). The third kappa shape index (κ3) is 85.0. The van der Waals surface area contributed by atoms with Crippen LogP contribution in [0, 0.1) is 0 Å².